The summed E-state index contributed by atoms with van der Waals surface area (Å²) in [5, 5.41) is 7.01. The first kappa shape index (κ1) is 22.0. The van der Waals surface area contributed by atoms with E-state index in [0.717, 1.165) is 44.5 Å². The highest BCUT2D eigenvalue weighted by molar-refractivity contribution is 14.0. The van der Waals surface area contributed by atoms with Gasteiger partial charge >= 0.3 is 0 Å². The van der Waals surface area contributed by atoms with E-state index in [4.69, 9.17) is 4.74 Å². The summed E-state index contributed by atoms with van der Waals surface area (Å²) in [7, 11) is 3.66. The molecule has 1 heterocycles. The molecular formula is C18H37IN4O. The van der Waals surface area contributed by atoms with Crippen LogP contribution in [0.25, 0.3) is 0 Å². The molecule has 0 radical (unpaired) electrons. The van der Waals surface area contributed by atoms with Crippen molar-refractivity contribution in [2.45, 2.75) is 45.4 Å². The normalized spacial score (nSPS) is 24.0. The van der Waals surface area contributed by atoms with Gasteiger partial charge in [-0.15, -0.1) is 24.0 Å². The number of hydrogen-bond donors (Lipinski definition) is 2. The van der Waals surface area contributed by atoms with Crippen LogP contribution in [-0.2, 0) is 4.74 Å². The van der Waals surface area contributed by atoms with Crippen LogP contribution in [0.5, 0.6) is 0 Å². The number of nitrogens with zero attached hydrogens (tertiary/aromatic N) is 2. The maximum absolute atomic E-state index is 5.27. The first-order valence-corrected chi connectivity index (χ1v) is 9.33. The molecule has 1 aliphatic carbocycles. The Morgan fingerprint density at radius 3 is 2.67 bits per heavy atom. The molecule has 1 saturated carbocycles. The van der Waals surface area contributed by atoms with E-state index in [-0.39, 0.29) is 24.0 Å². The van der Waals surface area contributed by atoms with E-state index in [9.17, 15) is 0 Å². The Labute approximate surface area is 165 Å². The summed E-state index contributed by atoms with van der Waals surface area (Å²) in [6, 6.07) is 0. The van der Waals surface area contributed by atoms with Crippen LogP contribution in [0, 0.1) is 11.3 Å². The molecule has 142 valence electrons. The van der Waals surface area contributed by atoms with E-state index >= 15 is 0 Å². The zero-order valence-electron chi connectivity index (χ0n) is 15.8. The van der Waals surface area contributed by atoms with Crippen molar-refractivity contribution in [3.63, 3.8) is 0 Å². The van der Waals surface area contributed by atoms with Crippen LogP contribution in [-0.4, -0.2) is 64.3 Å². The van der Waals surface area contributed by atoms with Crippen molar-refractivity contribution < 1.29 is 4.74 Å². The molecule has 1 unspecified atom stereocenters. The van der Waals surface area contributed by atoms with Crippen LogP contribution in [0.3, 0.4) is 0 Å². The van der Waals surface area contributed by atoms with Gasteiger partial charge in [0.25, 0.3) is 0 Å². The van der Waals surface area contributed by atoms with Gasteiger partial charge in [-0.2, -0.15) is 0 Å². The standard InChI is InChI=1S/C18H36N4O.HI/c1-16-6-4-11-22(14-16)12-10-20-17(19-2)21-15-18(7-5-8-18)9-13-23-3;/h16H,4-15H2,1-3H3,(H2,19,20,21);1H. The number of guanidine groups is 1. The maximum atomic E-state index is 5.27. The maximum Gasteiger partial charge on any atom is 0.191 e. The summed E-state index contributed by atoms with van der Waals surface area (Å²) in [5.41, 5.74) is 0.427. The number of nitrogens with one attached hydrogen (secondary N) is 2. The zero-order chi connectivity index (χ0) is 16.5. The molecule has 0 bridgehead atoms. The first-order chi connectivity index (χ1) is 11.2. The second-order valence-corrected chi connectivity index (χ2v) is 7.50. The quantitative estimate of drug-likeness (QED) is 0.338. The van der Waals surface area contributed by atoms with Gasteiger partial charge in [0.1, 0.15) is 0 Å². The Balaban J connectivity index is 0.00000288. The second-order valence-electron chi connectivity index (χ2n) is 7.50. The van der Waals surface area contributed by atoms with Crippen LogP contribution in [0.15, 0.2) is 4.99 Å². The fourth-order valence-electron chi connectivity index (χ4n) is 3.82. The molecule has 1 saturated heterocycles. The van der Waals surface area contributed by atoms with E-state index in [1.807, 2.05) is 7.05 Å². The van der Waals surface area contributed by atoms with Gasteiger partial charge in [-0.1, -0.05) is 13.3 Å². The second kappa shape index (κ2) is 11.5. The monoisotopic (exact) mass is 452 g/mol. The topological polar surface area (TPSA) is 48.9 Å². The summed E-state index contributed by atoms with van der Waals surface area (Å²) in [4.78, 5) is 6.94. The third kappa shape index (κ3) is 7.04. The molecule has 2 rings (SSSR count). The first-order valence-electron chi connectivity index (χ1n) is 9.33. The Morgan fingerprint density at radius 1 is 1.29 bits per heavy atom. The van der Waals surface area contributed by atoms with E-state index in [2.05, 4.69) is 27.4 Å². The minimum absolute atomic E-state index is 0. The molecule has 0 aromatic heterocycles. The summed E-state index contributed by atoms with van der Waals surface area (Å²) >= 11 is 0. The van der Waals surface area contributed by atoms with Gasteiger partial charge in [0, 0.05) is 46.9 Å². The van der Waals surface area contributed by atoms with E-state index in [0.29, 0.717) is 5.41 Å². The number of hydrogen-bond acceptors (Lipinski definition) is 3. The number of piperidine rings is 1. The van der Waals surface area contributed by atoms with Gasteiger partial charge in [-0.05, 0) is 50.0 Å². The van der Waals surface area contributed by atoms with Gasteiger partial charge < -0.3 is 20.3 Å². The van der Waals surface area contributed by atoms with Crippen LogP contribution in [0.1, 0.15) is 45.4 Å². The van der Waals surface area contributed by atoms with Crippen LogP contribution < -0.4 is 10.6 Å². The number of halogens is 1. The summed E-state index contributed by atoms with van der Waals surface area (Å²) in [6.45, 7) is 8.80. The van der Waals surface area contributed by atoms with E-state index < -0.39 is 0 Å². The molecule has 2 N–H and O–H groups in total. The minimum atomic E-state index is 0. The van der Waals surface area contributed by atoms with Gasteiger partial charge in [0.15, 0.2) is 5.96 Å². The van der Waals surface area contributed by atoms with Crippen molar-refractivity contribution >= 4 is 29.9 Å². The van der Waals surface area contributed by atoms with Crippen molar-refractivity contribution in [1.29, 1.82) is 0 Å². The van der Waals surface area contributed by atoms with Gasteiger partial charge in [-0.3, -0.25) is 4.99 Å². The molecule has 0 aromatic carbocycles. The molecule has 6 heteroatoms. The zero-order valence-corrected chi connectivity index (χ0v) is 18.1. The average Bonchev–Trinajstić information content (AvgIpc) is 2.51. The molecule has 0 amide bonds. The predicted octanol–water partition coefficient (Wildman–Crippen LogP) is 2.71. The van der Waals surface area contributed by atoms with Crippen molar-refractivity contribution in [3.8, 4) is 0 Å². The van der Waals surface area contributed by atoms with Crippen molar-refractivity contribution in [3.05, 3.63) is 0 Å². The number of likely N-dealkylation sites (tertiary alicyclic amines) is 1. The Hall–Kier alpha value is -0.0800. The van der Waals surface area contributed by atoms with Gasteiger partial charge in [0.2, 0.25) is 0 Å². The van der Waals surface area contributed by atoms with Gasteiger partial charge in [-0.25, -0.2) is 0 Å². The van der Waals surface area contributed by atoms with E-state index in [1.165, 1.54) is 45.2 Å². The summed E-state index contributed by atoms with van der Waals surface area (Å²) in [5.74, 6) is 1.79. The van der Waals surface area contributed by atoms with Crippen molar-refractivity contribution in [2.24, 2.45) is 16.3 Å². The van der Waals surface area contributed by atoms with Crippen LogP contribution >= 0.6 is 24.0 Å². The molecular weight excluding hydrogens is 415 g/mol. The molecule has 1 atom stereocenters. The molecule has 0 aromatic rings. The molecule has 2 fully saturated rings. The number of ether oxygens (including phenoxy) is 1. The minimum Gasteiger partial charge on any atom is -0.385 e. The molecule has 5 nitrogen and oxygen atoms in total. The number of rotatable bonds is 8. The lowest BCUT2D eigenvalue weighted by Crippen LogP contribution is -2.48. The smallest absolute Gasteiger partial charge is 0.191 e. The fourth-order valence-corrected chi connectivity index (χ4v) is 3.82. The summed E-state index contributed by atoms with van der Waals surface area (Å²) < 4.78 is 5.27. The highest BCUT2D eigenvalue weighted by Crippen LogP contribution is 2.43. The third-order valence-corrected chi connectivity index (χ3v) is 5.57. The fraction of sp³-hybridized carbons (Fsp3) is 0.944. The highest BCUT2D eigenvalue weighted by atomic mass is 127. The summed E-state index contributed by atoms with van der Waals surface area (Å²) in [6.07, 6.45) is 7.86. The van der Waals surface area contributed by atoms with Crippen molar-refractivity contribution in [2.75, 3.05) is 53.5 Å². The highest BCUT2D eigenvalue weighted by Gasteiger charge is 2.36. The third-order valence-electron chi connectivity index (χ3n) is 5.57. The average molecular weight is 452 g/mol. The van der Waals surface area contributed by atoms with Gasteiger partial charge in [0.05, 0.1) is 0 Å². The molecule has 0 spiro atoms. The van der Waals surface area contributed by atoms with E-state index in [1.54, 1.807) is 7.11 Å². The Kier molecular flexibility index (Phi) is 10.5. The largest absolute Gasteiger partial charge is 0.385 e. The Bertz CT molecular complexity index is 374. The lowest BCUT2D eigenvalue weighted by atomic mass is 9.67. The molecule has 1 aliphatic heterocycles. The lowest BCUT2D eigenvalue weighted by Gasteiger charge is -2.42. The number of methoxy groups -OCH3 is 1. The van der Waals surface area contributed by atoms with Crippen LogP contribution in [0.2, 0.25) is 0 Å². The van der Waals surface area contributed by atoms with Crippen molar-refractivity contribution in [1.82, 2.24) is 15.5 Å². The lowest BCUT2D eigenvalue weighted by molar-refractivity contribution is 0.0732. The molecule has 24 heavy (non-hydrogen) atoms. The number of aliphatic imine (C=N–C) groups is 1. The van der Waals surface area contributed by atoms with Crippen LogP contribution in [0.4, 0.5) is 0 Å². The molecule has 2 aliphatic rings. The predicted molar refractivity (Wildman–Crippen MR) is 112 cm³/mol. The Morgan fingerprint density at radius 2 is 2.08 bits per heavy atom. The SMILES string of the molecule is CN=C(NCCN1CCCC(C)C1)NCC1(CCOC)CCC1.I.